The standard InChI is InChI=1S/C12H10BrF2NO2S2/c1-16(6-9-4-8(13)7-19-9)20(17,18)10-2-3-11(14)12(15)5-10/h2-5,7H,6H2,1H3. The average Bonchev–Trinajstić information content (AvgIpc) is 2.78. The van der Waals surface area contributed by atoms with Gasteiger partial charge in [0.2, 0.25) is 10.0 Å². The predicted octanol–water partition coefficient (Wildman–Crippen LogP) is 3.61. The lowest BCUT2D eigenvalue weighted by Gasteiger charge is -2.16. The second kappa shape index (κ2) is 5.88. The minimum Gasteiger partial charge on any atom is -0.207 e. The topological polar surface area (TPSA) is 37.4 Å². The van der Waals surface area contributed by atoms with Crippen LogP contribution in [0.1, 0.15) is 4.88 Å². The second-order valence-corrected chi connectivity index (χ2v) is 8.02. The monoisotopic (exact) mass is 381 g/mol. The fraction of sp³-hybridized carbons (Fsp3) is 0.167. The van der Waals surface area contributed by atoms with Gasteiger partial charge in [-0.1, -0.05) is 0 Å². The van der Waals surface area contributed by atoms with Crippen molar-refractivity contribution in [1.82, 2.24) is 4.31 Å². The predicted molar refractivity (Wildman–Crippen MR) is 77.0 cm³/mol. The van der Waals surface area contributed by atoms with Gasteiger partial charge in [0.05, 0.1) is 4.90 Å². The molecule has 0 aliphatic rings. The highest BCUT2D eigenvalue weighted by molar-refractivity contribution is 9.10. The van der Waals surface area contributed by atoms with E-state index in [4.69, 9.17) is 0 Å². The van der Waals surface area contributed by atoms with E-state index in [2.05, 4.69) is 15.9 Å². The Kier molecular flexibility index (Phi) is 4.58. The molecule has 0 saturated carbocycles. The van der Waals surface area contributed by atoms with Gasteiger partial charge in [-0.05, 0) is 40.2 Å². The fourth-order valence-corrected chi connectivity index (χ4v) is 4.30. The minimum absolute atomic E-state index is 0.164. The summed E-state index contributed by atoms with van der Waals surface area (Å²) in [5, 5.41) is 1.84. The van der Waals surface area contributed by atoms with Crippen LogP contribution in [-0.4, -0.2) is 19.8 Å². The maximum atomic E-state index is 13.1. The van der Waals surface area contributed by atoms with Gasteiger partial charge in [-0.25, -0.2) is 17.2 Å². The van der Waals surface area contributed by atoms with Crippen LogP contribution < -0.4 is 0 Å². The first kappa shape index (κ1) is 15.6. The van der Waals surface area contributed by atoms with Gasteiger partial charge in [0.25, 0.3) is 0 Å². The Labute approximate surface area is 128 Å². The van der Waals surface area contributed by atoms with Gasteiger partial charge in [-0.3, -0.25) is 0 Å². The summed E-state index contributed by atoms with van der Waals surface area (Å²) >= 11 is 4.69. The summed E-state index contributed by atoms with van der Waals surface area (Å²) in [7, 11) is -2.46. The minimum atomic E-state index is -3.85. The summed E-state index contributed by atoms with van der Waals surface area (Å²) in [5.74, 6) is -2.26. The zero-order valence-electron chi connectivity index (χ0n) is 10.3. The molecule has 0 unspecified atom stereocenters. The van der Waals surface area contributed by atoms with Crippen molar-refractivity contribution in [2.75, 3.05) is 7.05 Å². The first-order chi connectivity index (χ1) is 9.30. The van der Waals surface area contributed by atoms with Crippen molar-refractivity contribution < 1.29 is 17.2 Å². The molecule has 0 radical (unpaired) electrons. The highest BCUT2D eigenvalue weighted by atomic mass is 79.9. The molecule has 1 aromatic carbocycles. The highest BCUT2D eigenvalue weighted by Gasteiger charge is 2.22. The molecule has 108 valence electrons. The maximum Gasteiger partial charge on any atom is 0.243 e. The van der Waals surface area contributed by atoms with Crippen LogP contribution in [0.15, 0.2) is 39.0 Å². The van der Waals surface area contributed by atoms with Crippen LogP contribution in [0.25, 0.3) is 0 Å². The maximum absolute atomic E-state index is 13.1. The van der Waals surface area contributed by atoms with E-state index in [0.717, 1.165) is 25.8 Å². The third-order valence-corrected chi connectivity index (χ3v) is 6.08. The van der Waals surface area contributed by atoms with Crippen LogP contribution in [0.4, 0.5) is 8.78 Å². The molecule has 0 saturated heterocycles. The van der Waals surface area contributed by atoms with Crippen LogP contribution in [0, 0.1) is 11.6 Å². The summed E-state index contributed by atoms with van der Waals surface area (Å²) in [4.78, 5) is 0.569. The molecule has 0 atom stereocenters. The van der Waals surface area contributed by atoms with Crippen molar-refractivity contribution in [3.05, 3.63) is 50.6 Å². The normalized spacial score (nSPS) is 12.1. The Morgan fingerprint density at radius 1 is 1.25 bits per heavy atom. The van der Waals surface area contributed by atoms with Crippen molar-refractivity contribution in [3.8, 4) is 0 Å². The molecule has 0 aliphatic heterocycles. The Morgan fingerprint density at radius 3 is 2.50 bits per heavy atom. The Morgan fingerprint density at radius 2 is 1.95 bits per heavy atom. The van der Waals surface area contributed by atoms with E-state index in [1.807, 2.05) is 11.4 Å². The number of rotatable bonds is 4. The summed E-state index contributed by atoms with van der Waals surface area (Å²) in [6.07, 6.45) is 0. The van der Waals surface area contributed by atoms with Crippen molar-refractivity contribution in [1.29, 1.82) is 0 Å². The molecule has 1 aromatic heterocycles. The van der Waals surface area contributed by atoms with Gasteiger partial charge in [0.1, 0.15) is 0 Å². The average molecular weight is 382 g/mol. The lowest BCUT2D eigenvalue weighted by Crippen LogP contribution is -2.26. The van der Waals surface area contributed by atoms with E-state index in [0.29, 0.717) is 6.07 Å². The summed E-state index contributed by atoms with van der Waals surface area (Å²) < 4.78 is 52.4. The smallest absolute Gasteiger partial charge is 0.207 e. The van der Waals surface area contributed by atoms with Gasteiger partial charge in [0, 0.05) is 28.3 Å². The lowest BCUT2D eigenvalue weighted by molar-refractivity contribution is 0.466. The van der Waals surface area contributed by atoms with Gasteiger partial charge in [0.15, 0.2) is 11.6 Å². The van der Waals surface area contributed by atoms with Crippen LogP contribution in [0.3, 0.4) is 0 Å². The van der Waals surface area contributed by atoms with E-state index in [1.165, 1.54) is 18.4 Å². The van der Waals surface area contributed by atoms with Crippen molar-refractivity contribution in [2.45, 2.75) is 11.4 Å². The summed E-state index contributed by atoms with van der Waals surface area (Å²) in [5.41, 5.74) is 0. The molecule has 0 N–H and O–H groups in total. The van der Waals surface area contributed by atoms with E-state index in [1.54, 1.807) is 0 Å². The molecule has 2 rings (SSSR count). The van der Waals surface area contributed by atoms with Gasteiger partial charge >= 0.3 is 0 Å². The van der Waals surface area contributed by atoms with E-state index in [9.17, 15) is 17.2 Å². The highest BCUT2D eigenvalue weighted by Crippen LogP contribution is 2.24. The molecule has 0 fully saturated rings. The Hall–Kier alpha value is -0.830. The Bertz CT molecular complexity index is 731. The lowest BCUT2D eigenvalue weighted by atomic mass is 10.3. The van der Waals surface area contributed by atoms with E-state index < -0.39 is 21.7 Å². The molecular formula is C12H10BrF2NO2S2. The van der Waals surface area contributed by atoms with Crippen LogP contribution in [0.2, 0.25) is 0 Å². The molecule has 20 heavy (non-hydrogen) atoms. The summed E-state index contributed by atoms with van der Waals surface area (Å²) in [6, 6.07) is 4.35. The molecule has 0 amide bonds. The number of nitrogens with zero attached hydrogens (tertiary/aromatic N) is 1. The van der Waals surface area contributed by atoms with Gasteiger partial charge < -0.3 is 0 Å². The Balaban J connectivity index is 2.27. The third kappa shape index (κ3) is 3.25. The third-order valence-electron chi connectivity index (χ3n) is 2.60. The molecule has 0 spiro atoms. The first-order valence-corrected chi connectivity index (χ1v) is 8.56. The van der Waals surface area contributed by atoms with Crippen molar-refractivity contribution in [3.63, 3.8) is 0 Å². The van der Waals surface area contributed by atoms with Crippen molar-refractivity contribution >= 4 is 37.3 Å². The molecule has 0 aliphatic carbocycles. The number of sulfonamides is 1. The van der Waals surface area contributed by atoms with E-state index >= 15 is 0 Å². The molecule has 0 bridgehead atoms. The number of thiophene rings is 1. The van der Waals surface area contributed by atoms with Crippen LogP contribution >= 0.6 is 27.3 Å². The van der Waals surface area contributed by atoms with Crippen LogP contribution in [-0.2, 0) is 16.6 Å². The zero-order valence-corrected chi connectivity index (χ0v) is 13.5. The van der Waals surface area contributed by atoms with Crippen LogP contribution in [0.5, 0.6) is 0 Å². The largest absolute Gasteiger partial charge is 0.243 e. The summed E-state index contributed by atoms with van der Waals surface area (Å²) in [6.45, 7) is 0.164. The van der Waals surface area contributed by atoms with Gasteiger partial charge in [-0.2, -0.15) is 4.31 Å². The van der Waals surface area contributed by atoms with E-state index in [-0.39, 0.29) is 11.4 Å². The zero-order chi connectivity index (χ0) is 14.9. The second-order valence-electron chi connectivity index (χ2n) is 4.07. The SMILES string of the molecule is CN(Cc1cc(Br)cs1)S(=O)(=O)c1ccc(F)c(F)c1. The first-order valence-electron chi connectivity index (χ1n) is 5.45. The quantitative estimate of drug-likeness (QED) is 0.810. The van der Waals surface area contributed by atoms with Crippen molar-refractivity contribution in [2.24, 2.45) is 0 Å². The molecule has 1 heterocycles. The molecule has 8 heteroatoms. The molecular weight excluding hydrogens is 372 g/mol. The number of hydrogen-bond acceptors (Lipinski definition) is 3. The van der Waals surface area contributed by atoms with Gasteiger partial charge in [-0.15, -0.1) is 11.3 Å². The number of benzene rings is 1. The molecule has 2 aromatic rings. The number of halogens is 3. The number of hydrogen-bond donors (Lipinski definition) is 0. The fourth-order valence-electron chi connectivity index (χ4n) is 1.56. The molecule has 3 nitrogen and oxygen atoms in total.